The summed E-state index contributed by atoms with van der Waals surface area (Å²) in [5.74, 6) is -0.682. The van der Waals surface area contributed by atoms with Crippen LogP contribution < -0.4 is 0 Å². The molecule has 0 atom stereocenters. The molecule has 0 spiro atoms. The van der Waals surface area contributed by atoms with E-state index in [1.807, 2.05) is 0 Å². The van der Waals surface area contributed by atoms with Crippen LogP contribution in [0.5, 0.6) is 0 Å². The second-order valence-electron chi connectivity index (χ2n) is 4.14. The smallest absolute Gasteiger partial charge is 0.303 e. The van der Waals surface area contributed by atoms with E-state index in [1.54, 1.807) is 6.92 Å². The fourth-order valence-electron chi connectivity index (χ4n) is 0.676. The van der Waals surface area contributed by atoms with Crippen molar-refractivity contribution in [2.75, 3.05) is 19.8 Å². The minimum Gasteiger partial charge on any atom is -0.481 e. The van der Waals surface area contributed by atoms with Crippen LogP contribution in [0, 0.1) is 5.41 Å². The highest BCUT2D eigenvalue weighted by molar-refractivity contribution is 5.66. The molecule has 0 fully saturated rings. The van der Waals surface area contributed by atoms with Gasteiger partial charge in [-0.15, -0.1) is 0 Å². The van der Waals surface area contributed by atoms with Crippen molar-refractivity contribution in [3.63, 3.8) is 0 Å². The van der Waals surface area contributed by atoms with E-state index in [2.05, 4.69) is 6.92 Å². The number of hydrogen-bond acceptors (Lipinski definition) is 4. The van der Waals surface area contributed by atoms with Gasteiger partial charge in [0, 0.05) is 11.8 Å². The molecule has 0 radical (unpaired) electrons. The van der Waals surface area contributed by atoms with Crippen LogP contribution >= 0.6 is 0 Å². The number of aliphatic hydroxyl groups excluding tert-OH is 3. The number of rotatable bonds is 7. The molecule has 98 valence electrons. The maximum absolute atomic E-state index is 9.87. The Balaban J connectivity index is 0. The minimum atomic E-state index is -0.708. The third-order valence-electron chi connectivity index (χ3n) is 2.14. The van der Waals surface area contributed by atoms with Crippen LogP contribution in [0.3, 0.4) is 0 Å². The van der Waals surface area contributed by atoms with Gasteiger partial charge in [-0.1, -0.05) is 26.7 Å². The van der Waals surface area contributed by atoms with Crippen molar-refractivity contribution in [2.45, 2.75) is 39.5 Å². The number of carbonyl (C=O) groups is 1. The van der Waals surface area contributed by atoms with Crippen LogP contribution in [0.15, 0.2) is 0 Å². The minimum absolute atomic E-state index is 0.181. The van der Waals surface area contributed by atoms with Crippen LogP contribution in [0.1, 0.15) is 39.5 Å². The molecule has 0 aliphatic rings. The fourth-order valence-corrected chi connectivity index (χ4v) is 0.676. The van der Waals surface area contributed by atoms with Crippen molar-refractivity contribution in [2.24, 2.45) is 5.41 Å². The molecule has 0 bridgehead atoms. The third kappa shape index (κ3) is 11.4. The van der Waals surface area contributed by atoms with E-state index in [0.29, 0.717) is 6.42 Å². The Kier molecular flexibility index (Phi) is 12.0. The Morgan fingerprint density at radius 2 is 1.50 bits per heavy atom. The van der Waals surface area contributed by atoms with E-state index in [1.165, 1.54) is 0 Å². The molecule has 0 saturated heterocycles. The molecular formula is C11H24O5. The molecular weight excluding hydrogens is 212 g/mol. The number of unbranched alkanes of at least 4 members (excludes halogenated alkanes) is 2. The van der Waals surface area contributed by atoms with Gasteiger partial charge in [0.15, 0.2) is 0 Å². The van der Waals surface area contributed by atoms with Crippen molar-refractivity contribution >= 4 is 5.97 Å². The summed E-state index contributed by atoms with van der Waals surface area (Å²) >= 11 is 0. The van der Waals surface area contributed by atoms with E-state index in [4.69, 9.17) is 20.4 Å². The van der Waals surface area contributed by atoms with E-state index < -0.39 is 11.4 Å². The van der Waals surface area contributed by atoms with Gasteiger partial charge in [-0.2, -0.15) is 0 Å². The van der Waals surface area contributed by atoms with E-state index in [-0.39, 0.29) is 19.8 Å². The maximum atomic E-state index is 9.87. The van der Waals surface area contributed by atoms with Gasteiger partial charge < -0.3 is 20.4 Å². The summed E-state index contributed by atoms with van der Waals surface area (Å²) in [4.78, 5) is 9.87. The zero-order chi connectivity index (χ0) is 13.0. The Labute approximate surface area is 96.7 Å². The number of aliphatic hydroxyl groups is 3. The standard InChI is InChI=1S/C6H12O2.C5H12O3/c1-2-3-4-5-6(7)8;1-5(2-6,3-7)4-8/h2-5H2,1H3,(H,7,8);6-8H,2-4H2,1H3. The SMILES string of the molecule is CC(CO)(CO)CO.CCCCCC(=O)O. The molecule has 0 rings (SSSR count). The molecule has 4 N–H and O–H groups in total. The molecule has 0 aliphatic heterocycles. The maximum Gasteiger partial charge on any atom is 0.303 e. The lowest BCUT2D eigenvalue weighted by molar-refractivity contribution is -0.137. The van der Waals surface area contributed by atoms with E-state index >= 15 is 0 Å². The Bertz CT molecular complexity index is 157. The van der Waals surface area contributed by atoms with Gasteiger partial charge in [0.1, 0.15) is 0 Å². The number of hydrogen-bond donors (Lipinski definition) is 4. The Morgan fingerprint density at radius 1 is 1.06 bits per heavy atom. The molecule has 0 aliphatic carbocycles. The quantitative estimate of drug-likeness (QED) is 0.486. The highest BCUT2D eigenvalue weighted by atomic mass is 16.4. The monoisotopic (exact) mass is 236 g/mol. The summed E-state index contributed by atoms with van der Waals surface area (Å²) < 4.78 is 0. The van der Waals surface area contributed by atoms with Gasteiger partial charge in [-0.05, 0) is 6.42 Å². The largest absolute Gasteiger partial charge is 0.481 e. The topological polar surface area (TPSA) is 98.0 Å². The van der Waals surface area contributed by atoms with Crippen molar-refractivity contribution in [3.05, 3.63) is 0 Å². The normalized spacial score (nSPS) is 10.6. The molecule has 5 heteroatoms. The van der Waals surface area contributed by atoms with Crippen molar-refractivity contribution in [1.82, 2.24) is 0 Å². The zero-order valence-corrected chi connectivity index (χ0v) is 10.1. The molecule has 0 aromatic carbocycles. The summed E-state index contributed by atoms with van der Waals surface area (Å²) in [6, 6.07) is 0. The molecule has 0 aromatic heterocycles. The fraction of sp³-hybridized carbons (Fsp3) is 0.909. The molecule has 0 unspecified atom stereocenters. The zero-order valence-electron chi connectivity index (χ0n) is 10.1. The van der Waals surface area contributed by atoms with Gasteiger partial charge in [0.05, 0.1) is 19.8 Å². The summed E-state index contributed by atoms with van der Waals surface area (Å²) in [7, 11) is 0. The van der Waals surface area contributed by atoms with Gasteiger partial charge >= 0.3 is 5.97 Å². The average molecular weight is 236 g/mol. The van der Waals surface area contributed by atoms with Gasteiger partial charge in [-0.3, -0.25) is 4.79 Å². The van der Waals surface area contributed by atoms with Gasteiger partial charge in [-0.25, -0.2) is 0 Å². The second-order valence-corrected chi connectivity index (χ2v) is 4.14. The second kappa shape index (κ2) is 10.9. The highest BCUT2D eigenvalue weighted by Crippen LogP contribution is 2.10. The van der Waals surface area contributed by atoms with E-state index in [9.17, 15) is 4.79 Å². The van der Waals surface area contributed by atoms with Crippen molar-refractivity contribution in [1.29, 1.82) is 0 Å². The van der Waals surface area contributed by atoms with Gasteiger partial charge in [0.2, 0.25) is 0 Å². The molecule has 16 heavy (non-hydrogen) atoms. The van der Waals surface area contributed by atoms with Crippen molar-refractivity contribution in [3.8, 4) is 0 Å². The first-order valence-electron chi connectivity index (χ1n) is 5.50. The first-order valence-corrected chi connectivity index (χ1v) is 5.50. The molecule has 0 heterocycles. The number of carboxylic acids is 1. The first kappa shape index (κ1) is 17.7. The Hall–Kier alpha value is -0.650. The van der Waals surface area contributed by atoms with Crippen molar-refractivity contribution < 1.29 is 25.2 Å². The van der Waals surface area contributed by atoms with Gasteiger partial charge in [0.25, 0.3) is 0 Å². The molecule has 0 amide bonds. The first-order chi connectivity index (χ1) is 7.45. The third-order valence-corrected chi connectivity index (χ3v) is 2.14. The van der Waals surface area contributed by atoms with E-state index in [0.717, 1.165) is 19.3 Å². The summed E-state index contributed by atoms with van der Waals surface area (Å²) in [5.41, 5.74) is -0.708. The van der Waals surface area contributed by atoms with Crippen LogP contribution in [0.25, 0.3) is 0 Å². The summed E-state index contributed by atoms with van der Waals surface area (Å²) in [6.07, 6.45) is 3.28. The number of aliphatic carboxylic acids is 1. The van der Waals surface area contributed by atoms with Crippen LogP contribution in [0.2, 0.25) is 0 Å². The summed E-state index contributed by atoms with van der Waals surface area (Å²) in [5, 5.41) is 33.5. The van der Waals surface area contributed by atoms with Crippen LogP contribution in [0.4, 0.5) is 0 Å². The number of carboxylic acid groups (broad SMARTS) is 1. The molecule has 0 saturated carbocycles. The molecule has 0 aromatic rings. The molecule has 5 nitrogen and oxygen atoms in total. The van der Waals surface area contributed by atoms with Crippen LogP contribution in [-0.2, 0) is 4.79 Å². The lowest BCUT2D eigenvalue weighted by Crippen LogP contribution is -2.29. The highest BCUT2D eigenvalue weighted by Gasteiger charge is 2.20. The summed E-state index contributed by atoms with van der Waals surface area (Å²) in [6.45, 7) is 3.12. The predicted octanol–water partition coefficient (Wildman–Crippen LogP) is 0.621. The lowest BCUT2D eigenvalue weighted by Gasteiger charge is -2.20. The predicted molar refractivity (Wildman–Crippen MR) is 61.1 cm³/mol. The van der Waals surface area contributed by atoms with Crippen LogP contribution in [-0.4, -0.2) is 46.2 Å². The average Bonchev–Trinajstić information content (AvgIpc) is 2.29. The lowest BCUT2D eigenvalue weighted by atomic mass is 9.95. The Morgan fingerprint density at radius 3 is 1.69 bits per heavy atom.